The van der Waals surface area contributed by atoms with Gasteiger partial charge in [-0.3, -0.25) is 0 Å². The summed E-state index contributed by atoms with van der Waals surface area (Å²) in [6, 6.07) is 3.69. The highest BCUT2D eigenvalue weighted by Gasteiger charge is 2.13. The van der Waals surface area contributed by atoms with Crippen molar-refractivity contribution in [3.63, 3.8) is 0 Å². The summed E-state index contributed by atoms with van der Waals surface area (Å²) in [7, 11) is 0. The van der Waals surface area contributed by atoms with Crippen LogP contribution < -0.4 is 5.73 Å². The van der Waals surface area contributed by atoms with Crippen LogP contribution in [0.4, 0.5) is 0 Å². The molecule has 0 amide bonds. The van der Waals surface area contributed by atoms with Crippen molar-refractivity contribution < 1.29 is 15.3 Å². The Morgan fingerprint density at radius 2 is 1.85 bits per heavy atom. The van der Waals surface area contributed by atoms with Crippen molar-refractivity contribution in [2.45, 2.75) is 19.1 Å². The van der Waals surface area contributed by atoms with Crippen molar-refractivity contribution in [3.8, 4) is 11.5 Å². The van der Waals surface area contributed by atoms with E-state index >= 15 is 0 Å². The van der Waals surface area contributed by atoms with Crippen LogP contribution in [-0.4, -0.2) is 21.4 Å². The Bertz CT molecular complexity index is 299. The second kappa shape index (κ2) is 3.64. The summed E-state index contributed by atoms with van der Waals surface area (Å²) in [4.78, 5) is 0. The number of nitrogens with two attached hydrogens (primary N) is 1. The smallest absolute Gasteiger partial charge is 0.157 e. The molecule has 0 spiro atoms. The summed E-state index contributed by atoms with van der Waals surface area (Å²) in [5, 5.41) is 27.3. The molecule has 0 bridgehead atoms. The van der Waals surface area contributed by atoms with Gasteiger partial charge in [0.1, 0.15) is 0 Å². The van der Waals surface area contributed by atoms with E-state index in [1.807, 2.05) is 0 Å². The number of aromatic hydroxyl groups is 2. The van der Waals surface area contributed by atoms with Gasteiger partial charge in [-0.25, -0.2) is 0 Å². The Hall–Kier alpha value is -1.26. The average molecular weight is 183 g/mol. The summed E-state index contributed by atoms with van der Waals surface area (Å²) < 4.78 is 0. The molecule has 0 aliphatic rings. The molecule has 4 heteroatoms. The van der Waals surface area contributed by atoms with E-state index in [1.54, 1.807) is 13.0 Å². The zero-order valence-electron chi connectivity index (χ0n) is 7.31. The molecule has 2 atom stereocenters. The lowest BCUT2D eigenvalue weighted by atomic mass is 10.0. The normalized spacial score (nSPS) is 15.3. The van der Waals surface area contributed by atoms with Crippen LogP contribution in [0.5, 0.6) is 11.5 Å². The highest BCUT2D eigenvalue weighted by atomic mass is 16.3. The number of hydrogen-bond donors (Lipinski definition) is 4. The monoisotopic (exact) mass is 183 g/mol. The lowest BCUT2D eigenvalue weighted by Crippen LogP contribution is -2.22. The Labute approximate surface area is 76.2 Å². The van der Waals surface area contributed by atoms with Gasteiger partial charge in [-0.15, -0.1) is 0 Å². The van der Waals surface area contributed by atoms with Crippen LogP contribution >= 0.6 is 0 Å². The third kappa shape index (κ3) is 2.11. The van der Waals surface area contributed by atoms with Gasteiger partial charge >= 0.3 is 0 Å². The Kier molecular flexibility index (Phi) is 2.75. The first-order valence-corrected chi connectivity index (χ1v) is 3.98. The van der Waals surface area contributed by atoms with Crippen molar-refractivity contribution in [1.82, 2.24) is 0 Å². The van der Waals surface area contributed by atoms with Gasteiger partial charge in [0, 0.05) is 0 Å². The van der Waals surface area contributed by atoms with Crippen LogP contribution in [0.25, 0.3) is 0 Å². The SMILES string of the molecule is CC(O)[C@@H](N)c1ccc(O)c(O)c1. The van der Waals surface area contributed by atoms with Gasteiger partial charge in [0.05, 0.1) is 12.1 Å². The first-order valence-electron chi connectivity index (χ1n) is 3.98. The molecule has 0 saturated carbocycles. The first-order chi connectivity index (χ1) is 6.02. The van der Waals surface area contributed by atoms with E-state index in [1.165, 1.54) is 12.1 Å². The van der Waals surface area contributed by atoms with E-state index in [2.05, 4.69) is 0 Å². The molecule has 0 aromatic heterocycles. The van der Waals surface area contributed by atoms with E-state index in [0.29, 0.717) is 5.56 Å². The average Bonchev–Trinajstić information content (AvgIpc) is 2.08. The van der Waals surface area contributed by atoms with Gasteiger partial charge in [-0.2, -0.15) is 0 Å². The van der Waals surface area contributed by atoms with E-state index in [4.69, 9.17) is 21.1 Å². The highest BCUT2D eigenvalue weighted by molar-refractivity contribution is 5.41. The quantitative estimate of drug-likeness (QED) is 0.502. The maximum Gasteiger partial charge on any atom is 0.157 e. The fourth-order valence-corrected chi connectivity index (χ4v) is 1.03. The molecule has 1 rings (SSSR count). The summed E-state index contributed by atoms with van der Waals surface area (Å²) >= 11 is 0. The van der Waals surface area contributed by atoms with E-state index < -0.39 is 12.1 Å². The molecule has 1 aromatic rings. The van der Waals surface area contributed by atoms with Crippen molar-refractivity contribution >= 4 is 0 Å². The van der Waals surface area contributed by atoms with Gasteiger partial charge < -0.3 is 21.1 Å². The number of rotatable bonds is 2. The summed E-state index contributed by atoms with van der Waals surface area (Å²) in [5.74, 6) is -0.421. The molecule has 0 heterocycles. The van der Waals surface area contributed by atoms with Crippen molar-refractivity contribution in [3.05, 3.63) is 23.8 Å². The summed E-state index contributed by atoms with van der Waals surface area (Å²) in [6.45, 7) is 1.56. The molecule has 0 aliphatic heterocycles. The van der Waals surface area contributed by atoms with Crippen LogP contribution in [0.1, 0.15) is 18.5 Å². The van der Waals surface area contributed by atoms with Gasteiger partial charge in [-0.05, 0) is 24.6 Å². The minimum atomic E-state index is -0.691. The summed E-state index contributed by atoms with van der Waals surface area (Å²) in [6.07, 6.45) is -0.691. The van der Waals surface area contributed by atoms with Gasteiger partial charge in [-0.1, -0.05) is 6.07 Å². The molecular formula is C9H13NO3. The Morgan fingerprint density at radius 1 is 1.23 bits per heavy atom. The Morgan fingerprint density at radius 3 is 2.31 bits per heavy atom. The maximum atomic E-state index is 9.17. The van der Waals surface area contributed by atoms with Crippen LogP contribution in [0.3, 0.4) is 0 Å². The van der Waals surface area contributed by atoms with E-state index in [0.717, 1.165) is 0 Å². The van der Waals surface area contributed by atoms with E-state index in [-0.39, 0.29) is 11.5 Å². The van der Waals surface area contributed by atoms with Gasteiger partial charge in [0.2, 0.25) is 0 Å². The van der Waals surface area contributed by atoms with Crippen LogP contribution in [0.2, 0.25) is 0 Å². The van der Waals surface area contributed by atoms with Crippen LogP contribution in [0, 0.1) is 0 Å². The number of aliphatic hydroxyl groups excluding tert-OH is 1. The number of phenols is 2. The molecule has 0 radical (unpaired) electrons. The number of hydrogen-bond acceptors (Lipinski definition) is 4. The Balaban J connectivity index is 2.97. The zero-order chi connectivity index (χ0) is 10.0. The van der Waals surface area contributed by atoms with Crippen LogP contribution in [-0.2, 0) is 0 Å². The van der Waals surface area contributed by atoms with E-state index in [9.17, 15) is 0 Å². The third-order valence-corrected chi connectivity index (χ3v) is 1.90. The van der Waals surface area contributed by atoms with Gasteiger partial charge in [0.25, 0.3) is 0 Å². The standard InChI is InChI=1S/C9H13NO3/c1-5(11)9(10)6-2-3-7(12)8(13)4-6/h2-5,9,11-13H,10H2,1H3/t5?,9-/m1/s1. The second-order valence-electron chi connectivity index (χ2n) is 3.01. The summed E-state index contributed by atoms with van der Waals surface area (Å²) in [5.41, 5.74) is 6.20. The molecule has 1 unspecified atom stereocenters. The number of aliphatic hydroxyl groups is 1. The number of benzene rings is 1. The maximum absolute atomic E-state index is 9.17. The fourth-order valence-electron chi connectivity index (χ4n) is 1.03. The van der Waals surface area contributed by atoms with Crippen LogP contribution in [0.15, 0.2) is 18.2 Å². The molecule has 0 aliphatic carbocycles. The lowest BCUT2D eigenvalue weighted by molar-refractivity contribution is 0.164. The lowest BCUT2D eigenvalue weighted by Gasteiger charge is -2.15. The third-order valence-electron chi connectivity index (χ3n) is 1.90. The molecule has 0 saturated heterocycles. The minimum absolute atomic E-state index is 0.193. The number of phenolic OH excluding ortho intramolecular Hbond substituents is 2. The predicted molar refractivity (Wildman–Crippen MR) is 48.4 cm³/mol. The second-order valence-corrected chi connectivity index (χ2v) is 3.01. The molecule has 5 N–H and O–H groups in total. The fraction of sp³-hybridized carbons (Fsp3) is 0.333. The predicted octanol–water partition coefficient (Wildman–Crippen LogP) is 0.478. The highest BCUT2D eigenvalue weighted by Crippen LogP contribution is 2.27. The zero-order valence-corrected chi connectivity index (χ0v) is 7.31. The van der Waals surface area contributed by atoms with Crippen molar-refractivity contribution in [2.24, 2.45) is 5.73 Å². The van der Waals surface area contributed by atoms with Crippen molar-refractivity contribution in [2.75, 3.05) is 0 Å². The minimum Gasteiger partial charge on any atom is -0.504 e. The molecule has 13 heavy (non-hydrogen) atoms. The molecule has 1 aromatic carbocycles. The first kappa shape index (κ1) is 9.83. The topological polar surface area (TPSA) is 86.7 Å². The van der Waals surface area contributed by atoms with Crippen molar-refractivity contribution in [1.29, 1.82) is 0 Å². The van der Waals surface area contributed by atoms with Gasteiger partial charge in [0.15, 0.2) is 11.5 Å². The molecular weight excluding hydrogens is 170 g/mol. The molecule has 4 nitrogen and oxygen atoms in total. The largest absolute Gasteiger partial charge is 0.504 e. The molecule has 0 fully saturated rings. The molecule has 72 valence electrons.